The van der Waals surface area contributed by atoms with E-state index in [0.717, 1.165) is 19.3 Å². The molecule has 0 radical (unpaired) electrons. The molecule has 0 saturated carbocycles. The van der Waals surface area contributed by atoms with E-state index in [2.05, 4.69) is 12.2 Å². The Balaban J connectivity index is 2.18. The van der Waals surface area contributed by atoms with Crippen molar-refractivity contribution in [2.24, 2.45) is 0 Å². The lowest BCUT2D eigenvalue weighted by atomic mass is 9.89. The van der Waals surface area contributed by atoms with Crippen molar-refractivity contribution in [3.63, 3.8) is 0 Å². The van der Waals surface area contributed by atoms with Gasteiger partial charge in [0.05, 0.1) is 12.2 Å². The monoisotopic (exact) mass is 296 g/mol. The average molecular weight is 296 g/mol. The average Bonchev–Trinajstić information content (AvgIpc) is 2.86. The number of piperazine rings is 1. The summed E-state index contributed by atoms with van der Waals surface area (Å²) >= 11 is 0. The van der Waals surface area contributed by atoms with Gasteiger partial charge in [0.25, 0.3) is 0 Å². The van der Waals surface area contributed by atoms with Crippen molar-refractivity contribution in [1.29, 1.82) is 0 Å². The minimum atomic E-state index is -0.753. The summed E-state index contributed by atoms with van der Waals surface area (Å²) in [6, 6.07) is -0.374. The zero-order chi connectivity index (χ0) is 15.6. The van der Waals surface area contributed by atoms with Gasteiger partial charge in [0.2, 0.25) is 11.8 Å². The maximum absolute atomic E-state index is 12.8. The second-order valence-corrected chi connectivity index (χ2v) is 6.54. The highest BCUT2D eigenvalue weighted by Gasteiger charge is 2.48. The predicted octanol–water partition coefficient (Wildman–Crippen LogP) is 1.85. The van der Waals surface area contributed by atoms with Crippen LogP contribution in [0.2, 0.25) is 0 Å². The lowest BCUT2D eigenvalue weighted by Crippen LogP contribution is -2.70. The number of hydrogen-bond acceptors (Lipinski definition) is 3. The van der Waals surface area contributed by atoms with Crippen LogP contribution in [0.25, 0.3) is 0 Å². The second-order valence-electron chi connectivity index (χ2n) is 6.54. The van der Waals surface area contributed by atoms with Crippen LogP contribution in [-0.4, -0.2) is 47.0 Å². The molecule has 120 valence electrons. The predicted molar refractivity (Wildman–Crippen MR) is 80.8 cm³/mol. The smallest absolute Gasteiger partial charge is 0.246 e. The Hall–Kier alpha value is -1.10. The molecule has 2 rings (SSSR count). The number of carbonyl (C=O) groups excluding carboxylic acids is 2. The lowest BCUT2D eigenvalue weighted by molar-refractivity contribution is -0.159. The molecule has 4 unspecified atom stereocenters. The summed E-state index contributed by atoms with van der Waals surface area (Å²) in [7, 11) is 0. The van der Waals surface area contributed by atoms with Gasteiger partial charge >= 0.3 is 0 Å². The SMILES string of the molecule is CCCC1NC(=O)C(C)(CC)N(CC2CCC(C)O2)C1=O. The molecule has 5 nitrogen and oxygen atoms in total. The first-order valence-electron chi connectivity index (χ1n) is 8.20. The Morgan fingerprint density at radius 1 is 1.33 bits per heavy atom. The van der Waals surface area contributed by atoms with Crippen LogP contribution in [0, 0.1) is 0 Å². The van der Waals surface area contributed by atoms with Crippen molar-refractivity contribution < 1.29 is 14.3 Å². The maximum Gasteiger partial charge on any atom is 0.246 e. The summed E-state index contributed by atoms with van der Waals surface area (Å²) in [6.45, 7) is 8.43. The van der Waals surface area contributed by atoms with E-state index in [1.54, 1.807) is 4.90 Å². The molecular formula is C16H28N2O3. The molecule has 5 heteroatoms. The number of carbonyl (C=O) groups is 2. The first-order valence-corrected chi connectivity index (χ1v) is 8.20. The van der Waals surface area contributed by atoms with E-state index in [0.29, 0.717) is 19.4 Å². The van der Waals surface area contributed by atoms with Crippen molar-refractivity contribution in [2.75, 3.05) is 6.54 Å². The van der Waals surface area contributed by atoms with Crippen LogP contribution in [0.1, 0.15) is 59.8 Å². The number of rotatable bonds is 5. The van der Waals surface area contributed by atoms with E-state index in [4.69, 9.17) is 4.74 Å². The van der Waals surface area contributed by atoms with Crippen molar-refractivity contribution >= 4 is 11.8 Å². The van der Waals surface area contributed by atoms with Crippen LogP contribution >= 0.6 is 0 Å². The van der Waals surface area contributed by atoms with E-state index in [-0.39, 0.29) is 30.1 Å². The summed E-state index contributed by atoms with van der Waals surface area (Å²) in [4.78, 5) is 27.0. The summed E-state index contributed by atoms with van der Waals surface area (Å²) in [5.74, 6) is 0.0121. The Morgan fingerprint density at radius 3 is 2.57 bits per heavy atom. The molecule has 1 N–H and O–H groups in total. The Kier molecular flexibility index (Phi) is 4.91. The van der Waals surface area contributed by atoms with Gasteiger partial charge in [-0.25, -0.2) is 0 Å². The second kappa shape index (κ2) is 6.34. The van der Waals surface area contributed by atoms with Gasteiger partial charge in [0.1, 0.15) is 11.6 Å². The molecule has 0 aromatic rings. The molecule has 0 spiro atoms. The molecule has 2 fully saturated rings. The summed E-state index contributed by atoms with van der Waals surface area (Å²) in [6.07, 6.45) is 4.50. The highest BCUT2D eigenvalue weighted by atomic mass is 16.5. The Labute approximate surface area is 127 Å². The fraction of sp³-hybridized carbons (Fsp3) is 0.875. The molecule has 2 amide bonds. The molecule has 4 atom stereocenters. The number of amides is 2. The Bertz CT molecular complexity index is 412. The van der Waals surface area contributed by atoms with Crippen LogP contribution in [0.15, 0.2) is 0 Å². The molecule has 2 heterocycles. The van der Waals surface area contributed by atoms with E-state index in [1.807, 2.05) is 20.8 Å². The van der Waals surface area contributed by atoms with Crippen molar-refractivity contribution in [3.8, 4) is 0 Å². The summed E-state index contributed by atoms with van der Waals surface area (Å²) in [5.41, 5.74) is -0.753. The quantitative estimate of drug-likeness (QED) is 0.842. The third-order valence-corrected chi connectivity index (χ3v) is 4.93. The van der Waals surface area contributed by atoms with E-state index in [9.17, 15) is 9.59 Å². The molecule has 2 saturated heterocycles. The molecule has 2 aliphatic heterocycles. The molecule has 0 aliphatic carbocycles. The van der Waals surface area contributed by atoms with E-state index in [1.165, 1.54) is 0 Å². The van der Waals surface area contributed by atoms with Gasteiger partial charge in [-0.2, -0.15) is 0 Å². The molecule has 0 aromatic carbocycles. The molecular weight excluding hydrogens is 268 g/mol. The lowest BCUT2D eigenvalue weighted by Gasteiger charge is -2.46. The largest absolute Gasteiger partial charge is 0.373 e. The van der Waals surface area contributed by atoms with Gasteiger partial charge in [-0.3, -0.25) is 9.59 Å². The fourth-order valence-electron chi connectivity index (χ4n) is 3.28. The minimum Gasteiger partial charge on any atom is -0.373 e. The fourth-order valence-corrected chi connectivity index (χ4v) is 3.28. The maximum atomic E-state index is 12.8. The van der Waals surface area contributed by atoms with Gasteiger partial charge in [-0.15, -0.1) is 0 Å². The van der Waals surface area contributed by atoms with Crippen LogP contribution in [0.5, 0.6) is 0 Å². The summed E-state index contributed by atoms with van der Waals surface area (Å²) < 4.78 is 5.86. The van der Waals surface area contributed by atoms with Crippen LogP contribution < -0.4 is 5.32 Å². The summed E-state index contributed by atoms with van der Waals surface area (Å²) in [5, 5.41) is 2.90. The molecule has 0 bridgehead atoms. The van der Waals surface area contributed by atoms with Gasteiger partial charge in [-0.1, -0.05) is 20.3 Å². The standard InChI is InChI=1S/C16H28N2O3/c1-5-7-13-14(19)18(10-12-9-8-11(3)21-12)16(4,6-2)15(20)17-13/h11-13H,5-10H2,1-4H3,(H,17,20). The normalized spacial score (nSPS) is 37.0. The number of hydrogen-bond donors (Lipinski definition) is 1. The number of nitrogens with zero attached hydrogens (tertiary/aromatic N) is 1. The minimum absolute atomic E-state index is 0.0332. The third kappa shape index (κ3) is 3.07. The van der Waals surface area contributed by atoms with Crippen molar-refractivity contribution in [1.82, 2.24) is 10.2 Å². The molecule has 2 aliphatic rings. The highest BCUT2D eigenvalue weighted by Crippen LogP contribution is 2.29. The van der Waals surface area contributed by atoms with Gasteiger partial charge in [-0.05, 0) is 39.5 Å². The number of ether oxygens (including phenoxy) is 1. The van der Waals surface area contributed by atoms with E-state index >= 15 is 0 Å². The first-order chi connectivity index (χ1) is 9.92. The molecule has 0 aromatic heterocycles. The van der Waals surface area contributed by atoms with Crippen molar-refractivity contribution in [3.05, 3.63) is 0 Å². The van der Waals surface area contributed by atoms with Gasteiger partial charge in [0, 0.05) is 6.54 Å². The zero-order valence-corrected chi connectivity index (χ0v) is 13.6. The van der Waals surface area contributed by atoms with Gasteiger partial charge in [0.15, 0.2) is 0 Å². The zero-order valence-electron chi connectivity index (χ0n) is 13.6. The third-order valence-electron chi connectivity index (χ3n) is 4.93. The van der Waals surface area contributed by atoms with E-state index < -0.39 is 5.54 Å². The van der Waals surface area contributed by atoms with Crippen molar-refractivity contribution in [2.45, 2.75) is 83.6 Å². The highest BCUT2D eigenvalue weighted by molar-refractivity contribution is 5.99. The first kappa shape index (κ1) is 16.3. The van der Waals surface area contributed by atoms with Crippen LogP contribution in [0.3, 0.4) is 0 Å². The number of nitrogens with one attached hydrogen (secondary N) is 1. The van der Waals surface area contributed by atoms with Gasteiger partial charge < -0.3 is 15.0 Å². The molecule has 21 heavy (non-hydrogen) atoms. The topological polar surface area (TPSA) is 58.6 Å². The Morgan fingerprint density at radius 2 is 2.05 bits per heavy atom. The van der Waals surface area contributed by atoms with Crippen LogP contribution in [-0.2, 0) is 14.3 Å². The van der Waals surface area contributed by atoms with Crippen LogP contribution in [0.4, 0.5) is 0 Å².